The predicted octanol–water partition coefficient (Wildman–Crippen LogP) is 5.46. The summed E-state index contributed by atoms with van der Waals surface area (Å²) in [6.07, 6.45) is 0. The smallest absolute Gasteiger partial charge is 0.225 e. The van der Waals surface area contributed by atoms with Crippen LogP contribution in [0.3, 0.4) is 0 Å². The molecule has 0 aliphatic rings. The summed E-state index contributed by atoms with van der Waals surface area (Å²) in [6, 6.07) is 8.03. The maximum absolute atomic E-state index is 5.95. The van der Waals surface area contributed by atoms with Gasteiger partial charge in [0, 0.05) is 8.04 Å². The van der Waals surface area contributed by atoms with Crippen LogP contribution in [0.25, 0.3) is 10.2 Å². The maximum Gasteiger partial charge on any atom is 0.225 e. The van der Waals surface area contributed by atoms with Gasteiger partial charge in [0.2, 0.25) is 5.28 Å². The first-order valence-corrected chi connectivity index (χ1v) is 8.39. The molecule has 2 heterocycles. The number of benzene rings is 1. The van der Waals surface area contributed by atoms with E-state index in [9.17, 15) is 0 Å². The van der Waals surface area contributed by atoms with E-state index in [-0.39, 0.29) is 5.28 Å². The summed E-state index contributed by atoms with van der Waals surface area (Å²) in [5, 5.41) is 6.52. The number of rotatable bonds is 2. The summed E-state index contributed by atoms with van der Waals surface area (Å²) >= 11 is 13.2. The van der Waals surface area contributed by atoms with Crippen LogP contribution in [0.1, 0.15) is 0 Å². The highest BCUT2D eigenvalue weighted by molar-refractivity contribution is 14.1. The third-order valence-corrected chi connectivity index (χ3v) is 4.89. The average Bonchev–Trinajstić information content (AvgIpc) is 2.82. The molecular formula is C12H6BrClIN3S. The molecule has 3 aromatic rings. The highest BCUT2D eigenvalue weighted by Crippen LogP contribution is 2.31. The van der Waals surface area contributed by atoms with E-state index >= 15 is 0 Å². The fraction of sp³-hybridized carbons (Fsp3) is 0. The average molecular weight is 467 g/mol. The zero-order valence-corrected chi connectivity index (χ0v) is 14.6. The Morgan fingerprint density at radius 1 is 1.26 bits per heavy atom. The molecule has 3 rings (SSSR count). The Kier molecular flexibility index (Phi) is 3.93. The second-order valence-corrected chi connectivity index (χ2v) is 7.04. The van der Waals surface area contributed by atoms with Gasteiger partial charge in [0.05, 0.1) is 11.1 Å². The molecule has 96 valence electrons. The van der Waals surface area contributed by atoms with Crippen LogP contribution in [0.15, 0.2) is 34.1 Å². The van der Waals surface area contributed by atoms with E-state index in [1.807, 2.05) is 29.6 Å². The Labute approximate surface area is 140 Å². The van der Waals surface area contributed by atoms with Crippen LogP contribution in [0.2, 0.25) is 5.28 Å². The molecule has 0 fully saturated rings. The third kappa shape index (κ3) is 2.86. The highest BCUT2D eigenvalue weighted by Gasteiger charge is 2.09. The normalized spacial score (nSPS) is 10.9. The largest absolute Gasteiger partial charge is 0.339 e. The van der Waals surface area contributed by atoms with Gasteiger partial charge >= 0.3 is 0 Å². The van der Waals surface area contributed by atoms with Gasteiger partial charge < -0.3 is 5.32 Å². The summed E-state index contributed by atoms with van der Waals surface area (Å²) in [7, 11) is 0. The topological polar surface area (TPSA) is 37.8 Å². The van der Waals surface area contributed by atoms with E-state index in [0.717, 1.165) is 29.8 Å². The van der Waals surface area contributed by atoms with Gasteiger partial charge in [0.25, 0.3) is 0 Å². The van der Waals surface area contributed by atoms with Gasteiger partial charge in [-0.3, -0.25) is 0 Å². The first-order valence-electron chi connectivity index (χ1n) is 5.26. The first-order chi connectivity index (χ1) is 9.13. The van der Waals surface area contributed by atoms with Crippen LogP contribution in [0.4, 0.5) is 11.5 Å². The lowest BCUT2D eigenvalue weighted by molar-refractivity contribution is 1.23. The van der Waals surface area contributed by atoms with E-state index in [1.165, 1.54) is 0 Å². The molecule has 0 amide bonds. The summed E-state index contributed by atoms with van der Waals surface area (Å²) in [4.78, 5) is 9.35. The summed E-state index contributed by atoms with van der Waals surface area (Å²) < 4.78 is 2.12. The van der Waals surface area contributed by atoms with Crippen LogP contribution in [-0.2, 0) is 0 Å². The van der Waals surface area contributed by atoms with Gasteiger partial charge in [-0.1, -0.05) is 15.9 Å². The molecule has 0 unspecified atom stereocenters. The predicted molar refractivity (Wildman–Crippen MR) is 92.6 cm³/mol. The highest BCUT2D eigenvalue weighted by atomic mass is 127. The van der Waals surface area contributed by atoms with Crippen molar-refractivity contribution in [2.45, 2.75) is 0 Å². The fourth-order valence-electron chi connectivity index (χ4n) is 1.65. The molecule has 1 aromatic carbocycles. The van der Waals surface area contributed by atoms with Gasteiger partial charge in [-0.15, -0.1) is 11.3 Å². The van der Waals surface area contributed by atoms with Gasteiger partial charge in [-0.2, -0.15) is 4.98 Å². The lowest BCUT2D eigenvalue weighted by Gasteiger charge is -2.09. The van der Waals surface area contributed by atoms with Crippen LogP contribution < -0.4 is 5.32 Å². The van der Waals surface area contributed by atoms with Crippen molar-refractivity contribution < 1.29 is 0 Å². The zero-order chi connectivity index (χ0) is 13.4. The minimum atomic E-state index is 0.252. The minimum absolute atomic E-state index is 0.252. The van der Waals surface area contributed by atoms with Crippen molar-refractivity contribution in [3.05, 3.63) is 43.0 Å². The van der Waals surface area contributed by atoms with E-state index < -0.39 is 0 Å². The number of hydrogen-bond acceptors (Lipinski definition) is 4. The lowest BCUT2D eigenvalue weighted by Crippen LogP contribution is -1.97. The molecule has 0 atom stereocenters. The standard InChI is InChI=1S/C12H6BrClIN3S/c13-6-1-2-8(15)9(5-6)16-10-7-3-4-19-11(7)18-12(14)17-10/h1-5H,(H,16,17,18). The minimum Gasteiger partial charge on any atom is -0.339 e. The molecule has 7 heteroatoms. The number of thiophene rings is 1. The van der Waals surface area contributed by atoms with Crippen LogP contribution in [0.5, 0.6) is 0 Å². The molecule has 0 spiro atoms. The summed E-state index contributed by atoms with van der Waals surface area (Å²) in [6.45, 7) is 0. The van der Waals surface area contributed by atoms with Crippen LogP contribution in [0, 0.1) is 3.57 Å². The second-order valence-electron chi connectivity index (χ2n) is 3.73. The van der Waals surface area contributed by atoms with Crippen molar-refractivity contribution in [1.29, 1.82) is 0 Å². The van der Waals surface area contributed by atoms with Crippen molar-refractivity contribution in [2.75, 3.05) is 5.32 Å². The molecule has 0 aliphatic heterocycles. The lowest BCUT2D eigenvalue weighted by atomic mass is 10.3. The molecule has 3 nitrogen and oxygen atoms in total. The number of aromatic nitrogens is 2. The van der Waals surface area contributed by atoms with Crippen molar-refractivity contribution in [3.63, 3.8) is 0 Å². The molecule has 19 heavy (non-hydrogen) atoms. The number of nitrogens with one attached hydrogen (secondary N) is 1. The van der Waals surface area contributed by atoms with E-state index in [2.05, 4.69) is 53.8 Å². The monoisotopic (exact) mass is 465 g/mol. The number of anilines is 2. The number of fused-ring (bicyclic) bond motifs is 1. The summed E-state index contributed by atoms with van der Waals surface area (Å²) in [5.74, 6) is 0.729. The Balaban J connectivity index is 2.10. The molecule has 1 N–H and O–H groups in total. The Hall–Kier alpha value is -0.440. The maximum atomic E-state index is 5.95. The van der Waals surface area contributed by atoms with Crippen molar-refractivity contribution in [3.8, 4) is 0 Å². The molecule has 0 bridgehead atoms. The quantitative estimate of drug-likeness (QED) is 0.403. The second kappa shape index (κ2) is 5.51. The van der Waals surface area contributed by atoms with Gasteiger partial charge in [-0.25, -0.2) is 4.98 Å². The molecule has 0 saturated heterocycles. The van der Waals surface area contributed by atoms with Crippen molar-refractivity contribution in [1.82, 2.24) is 9.97 Å². The van der Waals surface area contributed by atoms with Gasteiger partial charge in [0.1, 0.15) is 10.6 Å². The Morgan fingerprint density at radius 2 is 2.11 bits per heavy atom. The van der Waals surface area contributed by atoms with E-state index in [1.54, 1.807) is 11.3 Å². The van der Waals surface area contributed by atoms with Crippen LogP contribution >= 0.6 is 61.5 Å². The zero-order valence-electron chi connectivity index (χ0n) is 9.32. The van der Waals surface area contributed by atoms with Gasteiger partial charge in [0.15, 0.2) is 0 Å². The first kappa shape index (κ1) is 13.5. The number of hydrogen-bond donors (Lipinski definition) is 1. The van der Waals surface area contributed by atoms with E-state index in [0.29, 0.717) is 0 Å². The number of halogens is 3. The molecule has 2 aromatic heterocycles. The van der Waals surface area contributed by atoms with Crippen molar-refractivity contribution in [2.24, 2.45) is 0 Å². The Bertz CT molecular complexity index is 762. The molecular weight excluding hydrogens is 460 g/mol. The van der Waals surface area contributed by atoms with Crippen molar-refractivity contribution >= 4 is 83.2 Å². The van der Waals surface area contributed by atoms with E-state index in [4.69, 9.17) is 11.6 Å². The SMILES string of the molecule is Clc1nc(Nc2cc(Br)ccc2I)c2ccsc2n1. The van der Waals surface area contributed by atoms with Gasteiger partial charge in [-0.05, 0) is 63.8 Å². The third-order valence-electron chi connectivity index (χ3n) is 2.48. The summed E-state index contributed by atoms with van der Waals surface area (Å²) in [5.41, 5.74) is 0.984. The number of nitrogens with zero attached hydrogens (tertiary/aromatic N) is 2. The fourth-order valence-corrected chi connectivity index (χ4v) is 3.46. The Morgan fingerprint density at radius 3 is 2.95 bits per heavy atom. The molecule has 0 radical (unpaired) electrons. The van der Waals surface area contributed by atoms with Crippen LogP contribution in [-0.4, -0.2) is 9.97 Å². The molecule has 0 saturated carbocycles. The molecule has 0 aliphatic carbocycles.